The van der Waals surface area contributed by atoms with E-state index in [0.717, 1.165) is 61.9 Å². The molecular formula is C18H26N2O2S. The molecule has 23 heavy (non-hydrogen) atoms. The lowest BCUT2D eigenvalue weighted by molar-refractivity contribution is -0.117. The molecular weight excluding hydrogens is 308 g/mol. The zero-order valence-corrected chi connectivity index (χ0v) is 14.7. The van der Waals surface area contributed by atoms with Crippen LogP contribution in [0.1, 0.15) is 72.7 Å². The molecule has 2 aliphatic rings. The van der Waals surface area contributed by atoms with Gasteiger partial charge in [0.15, 0.2) is 0 Å². The molecule has 0 aliphatic heterocycles. The lowest BCUT2D eigenvalue weighted by Crippen LogP contribution is -2.27. The number of amides is 2. The summed E-state index contributed by atoms with van der Waals surface area (Å²) in [4.78, 5) is 26.1. The summed E-state index contributed by atoms with van der Waals surface area (Å²) in [5.74, 6) is 0.241. The number of aryl methyl sites for hydroxylation is 1. The molecule has 0 aromatic carbocycles. The molecule has 1 aromatic heterocycles. The van der Waals surface area contributed by atoms with Crippen molar-refractivity contribution in [2.45, 2.75) is 64.7 Å². The lowest BCUT2D eigenvalue weighted by Gasteiger charge is -2.13. The van der Waals surface area contributed by atoms with Crippen LogP contribution in [0.25, 0.3) is 0 Å². The monoisotopic (exact) mass is 334 g/mol. The summed E-state index contributed by atoms with van der Waals surface area (Å²) >= 11 is 1.61. The van der Waals surface area contributed by atoms with Crippen molar-refractivity contribution in [3.63, 3.8) is 0 Å². The van der Waals surface area contributed by atoms with Crippen LogP contribution in [-0.4, -0.2) is 18.4 Å². The number of carbonyl (C=O) groups excluding carboxylic acids is 2. The summed E-state index contributed by atoms with van der Waals surface area (Å²) in [6.45, 7) is 2.87. The Kier molecular flexibility index (Phi) is 5.36. The third-order valence-electron chi connectivity index (χ3n) is 4.65. The van der Waals surface area contributed by atoms with Gasteiger partial charge in [0, 0.05) is 17.3 Å². The van der Waals surface area contributed by atoms with E-state index in [1.54, 1.807) is 11.3 Å². The Morgan fingerprint density at radius 2 is 1.96 bits per heavy atom. The molecule has 0 radical (unpaired) electrons. The quantitative estimate of drug-likeness (QED) is 0.743. The fraction of sp³-hybridized carbons (Fsp3) is 0.667. The molecule has 0 spiro atoms. The summed E-state index contributed by atoms with van der Waals surface area (Å²) in [7, 11) is 0. The van der Waals surface area contributed by atoms with Gasteiger partial charge >= 0.3 is 0 Å². The minimum atomic E-state index is -0.00778. The third kappa shape index (κ3) is 3.94. The Bertz CT molecular complexity index is 590. The largest absolute Gasteiger partial charge is 0.352 e. The molecule has 0 bridgehead atoms. The zero-order valence-electron chi connectivity index (χ0n) is 13.9. The average Bonchev–Trinajstić information content (AvgIpc) is 3.33. The Balaban J connectivity index is 1.76. The molecule has 2 amide bonds. The maximum absolute atomic E-state index is 12.7. The lowest BCUT2D eigenvalue weighted by atomic mass is 9.95. The number of fused-ring (bicyclic) bond motifs is 1. The Labute approximate surface area is 142 Å². The van der Waals surface area contributed by atoms with Gasteiger partial charge in [-0.15, -0.1) is 11.3 Å². The third-order valence-corrected chi connectivity index (χ3v) is 5.86. The molecule has 1 fully saturated rings. The Hall–Kier alpha value is -1.36. The molecule has 1 saturated carbocycles. The number of rotatable bonds is 7. The number of unbranched alkanes of at least 4 members (excludes halogenated alkanes) is 2. The van der Waals surface area contributed by atoms with E-state index in [1.165, 1.54) is 16.9 Å². The predicted molar refractivity (Wildman–Crippen MR) is 94.2 cm³/mol. The van der Waals surface area contributed by atoms with Crippen LogP contribution in [0.4, 0.5) is 5.00 Å². The Morgan fingerprint density at radius 3 is 2.70 bits per heavy atom. The van der Waals surface area contributed by atoms with Crippen LogP contribution < -0.4 is 10.6 Å². The van der Waals surface area contributed by atoms with Crippen LogP contribution in [0.5, 0.6) is 0 Å². The van der Waals surface area contributed by atoms with Gasteiger partial charge in [-0.1, -0.05) is 19.8 Å². The normalized spacial score (nSPS) is 16.7. The van der Waals surface area contributed by atoms with E-state index in [9.17, 15) is 9.59 Å². The van der Waals surface area contributed by atoms with Gasteiger partial charge in [-0.25, -0.2) is 0 Å². The summed E-state index contributed by atoms with van der Waals surface area (Å²) in [6, 6.07) is 0. The van der Waals surface area contributed by atoms with E-state index >= 15 is 0 Å². The zero-order chi connectivity index (χ0) is 16.2. The maximum atomic E-state index is 12.7. The van der Waals surface area contributed by atoms with Crippen LogP contribution in [0.15, 0.2) is 0 Å². The molecule has 4 nitrogen and oxygen atoms in total. The standard InChI is InChI=1S/C18H26N2O2S/c1-2-3-6-11-19-17(22)15-13-7-4-5-8-14(13)23-18(15)20-16(21)12-9-10-12/h12H,2-11H2,1H3,(H,19,22)(H,20,21). The molecule has 0 atom stereocenters. The van der Waals surface area contributed by atoms with Gasteiger partial charge in [-0.2, -0.15) is 0 Å². The first-order valence-electron chi connectivity index (χ1n) is 8.94. The number of thiophene rings is 1. The number of carbonyl (C=O) groups is 2. The summed E-state index contributed by atoms with van der Waals surface area (Å²) in [6.07, 6.45) is 9.57. The summed E-state index contributed by atoms with van der Waals surface area (Å²) in [5, 5.41) is 6.86. The van der Waals surface area contributed by atoms with Gasteiger partial charge in [0.25, 0.3) is 5.91 Å². The van der Waals surface area contributed by atoms with Crippen LogP contribution >= 0.6 is 11.3 Å². The van der Waals surface area contributed by atoms with Crippen LogP contribution in [0.3, 0.4) is 0 Å². The van der Waals surface area contributed by atoms with Crippen molar-refractivity contribution in [1.29, 1.82) is 0 Å². The first kappa shape index (κ1) is 16.5. The van der Waals surface area contributed by atoms with Crippen molar-refractivity contribution in [3.05, 3.63) is 16.0 Å². The first-order chi connectivity index (χ1) is 11.2. The second kappa shape index (κ2) is 7.47. The molecule has 1 heterocycles. The number of hydrogen-bond donors (Lipinski definition) is 2. The summed E-state index contributed by atoms with van der Waals surface area (Å²) < 4.78 is 0. The minimum Gasteiger partial charge on any atom is -0.352 e. The smallest absolute Gasteiger partial charge is 0.254 e. The van der Waals surface area contributed by atoms with Gasteiger partial charge < -0.3 is 10.6 Å². The molecule has 0 saturated heterocycles. The van der Waals surface area contributed by atoms with Gasteiger partial charge in [0.1, 0.15) is 5.00 Å². The topological polar surface area (TPSA) is 58.2 Å². The minimum absolute atomic E-state index is 0.00778. The van der Waals surface area contributed by atoms with E-state index in [1.807, 2.05) is 0 Å². The molecule has 2 aliphatic carbocycles. The highest BCUT2D eigenvalue weighted by molar-refractivity contribution is 7.17. The second-order valence-corrected chi connectivity index (χ2v) is 7.75. The predicted octanol–water partition coefficient (Wildman–Crippen LogP) is 3.90. The van der Waals surface area contributed by atoms with Gasteiger partial charge in [-0.05, 0) is 50.5 Å². The van der Waals surface area contributed by atoms with E-state index in [-0.39, 0.29) is 17.7 Å². The number of hydrogen-bond acceptors (Lipinski definition) is 3. The number of nitrogens with one attached hydrogen (secondary N) is 2. The van der Waals surface area contributed by atoms with Gasteiger partial charge in [-0.3, -0.25) is 9.59 Å². The van der Waals surface area contributed by atoms with Crippen molar-refractivity contribution in [1.82, 2.24) is 5.32 Å². The van der Waals surface area contributed by atoms with E-state index < -0.39 is 0 Å². The molecule has 126 valence electrons. The highest BCUT2D eigenvalue weighted by Gasteiger charge is 2.32. The highest BCUT2D eigenvalue weighted by Crippen LogP contribution is 2.39. The first-order valence-corrected chi connectivity index (χ1v) is 9.76. The average molecular weight is 334 g/mol. The van der Waals surface area contributed by atoms with Crippen LogP contribution in [-0.2, 0) is 17.6 Å². The summed E-state index contributed by atoms with van der Waals surface area (Å²) in [5.41, 5.74) is 1.93. The molecule has 2 N–H and O–H groups in total. The van der Waals surface area contributed by atoms with Crippen molar-refractivity contribution >= 4 is 28.2 Å². The fourth-order valence-electron chi connectivity index (χ4n) is 3.12. The van der Waals surface area contributed by atoms with Crippen molar-refractivity contribution in [2.75, 3.05) is 11.9 Å². The maximum Gasteiger partial charge on any atom is 0.254 e. The molecule has 3 rings (SSSR count). The fourth-order valence-corrected chi connectivity index (χ4v) is 4.41. The van der Waals surface area contributed by atoms with Gasteiger partial charge in [0.05, 0.1) is 5.56 Å². The highest BCUT2D eigenvalue weighted by atomic mass is 32.1. The molecule has 0 unspecified atom stereocenters. The van der Waals surface area contributed by atoms with Crippen LogP contribution in [0, 0.1) is 5.92 Å². The number of anilines is 1. The van der Waals surface area contributed by atoms with E-state index in [0.29, 0.717) is 6.54 Å². The van der Waals surface area contributed by atoms with Crippen molar-refractivity contribution in [3.8, 4) is 0 Å². The van der Waals surface area contributed by atoms with Crippen LogP contribution in [0.2, 0.25) is 0 Å². The van der Waals surface area contributed by atoms with E-state index in [2.05, 4.69) is 17.6 Å². The van der Waals surface area contributed by atoms with E-state index in [4.69, 9.17) is 0 Å². The van der Waals surface area contributed by atoms with Crippen molar-refractivity contribution in [2.24, 2.45) is 5.92 Å². The molecule has 5 heteroatoms. The molecule has 1 aromatic rings. The SMILES string of the molecule is CCCCCNC(=O)c1c(NC(=O)C2CC2)sc2c1CCCC2. The van der Waals surface area contributed by atoms with Gasteiger partial charge in [0.2, 0.25) is 5.91 Å². The van der Waals surface area contributed by atoms with Crippen molar-refractivity contribution < 1.29 is 9.59 Å². The Morgan fingerprint density at radius 1 is 1.17 bits per heavy atom. The second-order valence-electron chi connectivity index (χ2n) is 6.64.